The number of hydrogen-bond donors (Lipinski definition) is 1. The van der Waals surface area contributed by atoms with E-state index in [2.05, 4.69) is 0 Å². The second-order valence-corrected chi connectivity index (χ2v) is 7.14. The van der Waals surface area contributed by atoms with Gasteiger partial charge in [0, 0.05) is 12.1 Å². The van der Waals surface area contributed by atoms with Crippen molar-refractivity contribution in [2.24, 2.45) is 0 Å². The number of aliphatic hydroxyl groups excluding tert-OH is 1. The fourth-order valence-corrected chi connectivity index (χ4v) is 3.74. The summed E-state index contributed by atoms with van der Waals surface area (Å²) in [6, 6.07) is 23.2. The van der Waals surface area contributed by atoms with Crippen molar-refractivity contribution in [2.45, 2.75) is 18.9 Å². The molecule has 1 atom stereocenters. The first-order valence-corrected chi connectivity index (χ1v) is 9.70. The predicted octanol–water partition coefficient (Wildman–Crippen LogP) is 4.93. The average molecular weight is 401 g/mol. The predicted molar refractivity (Wildman–Crippen MR) is 112 cm³/mol. The minimum Gasteiger partial charge on any atom is -0.503 e. The zero-order chi connectivity index (χ0) is 21.1. The van der Waals surface area contributed by atoms with Crippen molar-refractivity contribution < 1.29 is 19.1 Å². The molecule has 3 aromatic rings. The Morgan fingerprint density at radius 1 is 0.900 bits per heavy atom. The third-order valence-electron chi connectivity index (χ3n) is 5.21. The molecule has 0 spiro atoms. The van der Waals surface area contributed by atoms with E-state index in [1.807, 2.05) is 36.4 Å². The molecule has 0 radical (unpaired) electrons. The monoisotopic (exact) mass is 401 g/mol. The minimum absolute atomic E-state index is 0.0476. The molecular formula is C25H20FNO3. The van der Waals surface area contributed by atoms with Crippen LogP contribution in [0.15, 0.2) is 96.3 Å². The first-order chi connectivity index (χ1) is 14.6. The fraction of sp³-hybridized carbons (Fsp3) is 0.120. The molecule has 0 aromatic heterocycles. The van der Waals surface area contributed by atoms with Crippen molar-refractivity contribution in [1.29, 1.82) is 0 Å². The van der Waals surface area contributed by atoms with Gasteiger partial charge in [-0.2, -0.15) is 0 Å². The number of halogens is 1. The van der Waals surface area contributed by atoms with Gasteiger partial charge < -0.3 is 5.11 Å². The zero-order valence-electron chi connectivity index (χ0n) is 16.2. The van der Waals surface area contributed by atoms with Crippen molar-refractivity contribution in [3.8, 4) is 0 Å². The van der Waals surface area contributed by atoms with E-state index in [9.17, 15) is 19.1 Å². The molecular weight excluding hydrogens is 381 g/mol. The summed E-state index contributed by atoms with van der Waals surface area (Å²) in [7, 11) is 0. The van der Waals surface area contributed by atoms with Gasteiger partial charge in [0.15, 0.2) is 11.5 Å². The summed E-state index contributed by atoms with van der Waals surface area (Å²) in [4.78, 5) is 27.5. The third kappa shape index (κ3) is 3.74. The molecule has 1 aliphatic rings. The first kappa shape index (κ1) is 19.6. The molecule has 4 rings (SSSR count). The molecule has 30 heavy (non-hydrogen) atoms. The lowest BCUT2D eigenvalue weighted by Gasteiger charge is -2.27. The summed E-state index contributed by atoms with van der Waals surface area (Å²) < 4.78 is 13.5. The summed E-state index contributed by atoms with van der Waals surface area (Å²) >= 11 is 0. The Morgan fingerprint density at radius 3 is 2.13 bits per heavy atom. The Balaban J connectivity index is 1.71. The Hall–Kier alpha value is -3.73. The van der Waals surface area contributed by atoms with Gasteiger partial charge in [0.05, 0.1) is 11.6 Å². The molecule has 0 bridgehead atoms. The summed E-state index contributed by atoms with van der Waals surface area (Å²) in [5, 5.41) is 10.6. The Labute approximate surface area is 173 Å². The van der Waals surface area contributed by atoms with Gasteiger partial charge in [-0.1, -0.05) is 60.7 Å². The first-order valence-electron chi connectivity index (χ1n) is 9.70. The van der Waals surface area contributed by atoms with Gasteiger partial charge in [-0.05, 0) is 41.8 Å². The molecule has 1 N–H and O–H groups in total. The molecule has 3 aromatic carbocycles. The van der Waals surface area contributed by atoms with Crippen LogP contribution in [0.4, 0.5) is 10.1 Å². The van der Waals surface area contributed by atoms with Gasteiger partial charge in [0.1, 0.15) is 5.82 Å². The van der Waals surface area contributed by atoms with Gasteiger partial charge in [-0.15, -0.1) is 0 Å². The largest absolute Gasteiger partial charge is 0.503 e. The number of Topliss-reactive ketones (excluding diaryl/α,β-unsaturated/α-hetero) is 1. The maximum Gasteiger partial charge on any atom is 0.294 e. The Kier molecular flexibility index (Phi) is 5.44. The lowest BCUT2D eigenvalue weighted by atomic mass is 9.93. The van der Waals surface area contributed by atoms with E-state index in [1.54, 1.807) is 24.3 Å². The van der Waals surface area contributed by atoms with E-state index < -0.39 is 23.5 Å². The molecule has 0 aliphatic carbocycles. The summed E-state index contributed by atoms with van der Waals surface area (Å²) in [6.45, 7) is 0. The molecule has 0 saturated carbocycles. The maximum absolute atomic E-state index is 13.5. The molecule has 0 saturated heterocycles. The van der Waals surface area contributed by atoms with Gasteiger partial charge in [-0.3, -0.25) is 14.5 Å². The molecule has 1 heterocycles. The number of carbonyl (C=O) groups is 2. The number of aryl methyl sites for hydroxylation is 1. The average Bonchev–Trinajstić information content (AvgIpc) is 3.04. The van der Waals surface area contributed by atoms with Crippen LogP contribution in [-0.2, 0) is 16.0 Å². The molecule has 0 fully saturated rings. The number of benzene rings is 3. The lowest BCUT2D eigenvalue weighted by Crippen LogP contribution is -2.31. The maximum atomic E-state index is 13.5. The van der Waals surface area contributed by atoms with E-state index in [0.29, 0.717) is 17.7 Å². The van der Waals surface area contributed by atoms with Crippen molar-refractivity contribution >= 4 is 17.4 Å². The second-order valence-electron chi connectivity index (χ2n) is 7.14. The highest BCUT2D eigenvalue weighted by Crippen LogP contribution is 2.41. The van der Waals surface area contributed by atoms with Crippen LogP contribution in [0.25, 0.3) is 0 Å². The number of anilines is 1. The number of ketones is 1. The molecule has 1 unspecified atom stereocenters. The van der Waals surface area contributed by atoms with E-state index in [4.69, 9.17) is 0 Å². The van der Waals surface area contributed by atoms with E-state index in [0.717, 1.165) is 5.56 Å². The van der Waals surface area contributed by atoms with Crippen molar-refractivity contribution in [2.75, 3.05) is 4.90 Å². The lowest BCUT2D eigenvalue weighted by molar-refractivity contribution is -0.118. The van der Waals surface area contributed by atoms with Crippen LogP contribution in [0.3, 0.4) is 0 Å². The highest BCUT2D eigenvalue weighted by atomic mass is 19.1. The van der Waals surface area contributed by atoms with Crippen molar-refractivity contribution in [3.05, 3.63) is 113 Å². The summed E-state index contributed by atoms with van der Waals surface area (Å²) in [6.07, 6.45) is 0.642. The highest BCUT2D eigenvalue weighted by molar-refractivity contribution is 6.16. The smallest absolute Gasteiger partial charge is 0.294 e. The molecule has 150 valence electrons. The standard InChI is InChI=1S/C25H20FNO3/c26-19-14-12-18(13-15-19)23-22(21(28)16-11-17-7-3-1-4-8-17)24(29)25(30)27(23)20-9-5-2-6-10-20/h1-10,12-15,23,29H,11,16H2. The Morgan fingerprint density at radius 2 is 1.50 bits per heavy atom. The van der Waals surface area contributed by atoms with Crippen LogP contribution >= 0.6 is 0 Å². The van der Waals surface area contributed by atoms with Crippen molar-refractivity contribution in [1.82, 2.24) is 0 Å². The number of hydrogen-bond acceptors (Lipinski definition) is 3. The zero-order valence-corrected chi connectivity index (χ0v) is 16.2. The van der Waals surface area contributed by atoms with E-state index >= 15 is 0 Å². The summed E-state index contributed by atoms with van der Waals surface area (Å²) in [5.41, 5.74) is 2.15. The summed E-state index contributed by atoms with van der Waals surface area (Å²) in [5.74, 6) is -1.92. The van der Waals surface area contributed by atoms with Crippen LogP contribution in [0.5, 0.6) is 0 Å². The minimum atomic E-state index is -0.816. The highest BCUT2D eigenvalue weighted by Gasteiger charge is 2.44. The van der Waals surface area contributed by atoms with Gasteiger partial charge in [-0.25, -0.2) is 4.39 Å². The number of carbonyl (C=O) groups excluding carboxylic acids is 2. The van der Waals surface area contributed by atoms with Crippen LogP contribution < -0.4 is 4.90 Å². The topological polar surface area (TPSA) is 57.6 Å². The molecule has 4 nitrogen and oxygen atoms in total. The molecule has 1 amide bonds. The van der Waals surface area contributed by atoms with Crippen LogP contribution in [0, 0.1) is 5.82 Å². The van der Waals surface area contributed by atoms with Crippen LogP contribution in [0.1, 0.15) is 23.6 Å². The number of amides is 1. The van der Waals surface area contributed by atoms with Crippen LogP contribution in [0.2, 0.25) is 0 Å². The van der Waals surface area contributed by atoms with Gasteiger partial charge in [0.2, 0.25) is 0 Å². The normalized spacial score (nSPS) is 16.2. The van der Waals surface area contributed by atoms with E-state index in [1.165, 1.54) is 29.2 Å². The number of rotatable bonds is 6. The van der Waals surface area contributed by atoms with Crippen LogP contribution in [-0.4, -0.2) is 16.8 Å². The number of nitrogens with zero attached hydrogens (tertiary/aromatic N) is 1. The quantitative estimate of drug-likeness (QED) is 0.637. The SMILES string of the molecule is O=C(CCc1ccccc1)C1=C(O)C(=O)N(c2ccccc2)C1c1ccc(F)cc1. The van der Waals surface area contributed by atoms with E-state index in [-0.39, 0.29) is 17.8 Å². The third-order valence-corrected chi connectivity index (χ3v) is 5.21. The second kappa shape index (κ2) is 8.33. The molecule has 5 heteroatoms. The van der Waals surface area contributed by atoms with Crippen molar-refractivity contribution in [3.63, 3.8) is 0 Å². The number of para-hydroxylation sites is 1. The van der Waals surface area contributed by atoms with Gasteiger partial charge >= 0.3 is 0 Å². The number of aliphatic hydroxyl groups is 1. The molecule has 1 aliphatic heterocycles. The fourth-order valence-electron chi connectivity index (χ4n) is 3.74. The Bertz CT molecular complexity index is 1090. The van der Waals surface area contributed by atoms with Gasteiger partial charge in [0.25, 0.3) is 5.91 Å².